The van der Waals surface area contributed by atoms with E-state index in [1.54, 1.807) is 6.92 Å². The summed E-state index contributed by atoms with van der Waals surface area (Å²) in [7, 11) is 1.86. The van der Waals surface area contributed by atoms with Gasteiger partial charge in [-0.2, -0.15) is 0 Å². The smallest absolute Gasteiger partial charge is 0.340 e. The van der Waals surface area contributed by atoms with Crippen LogP contribution >= 0.6 is 0 Å². The number of ether oxygens (including phenoxy) is 3. The minimum atomic E-state index is -0.411. The third-order valence-corrected chi connectivity index (χ3v) is 5.04. The largest absolute Gasteiger partial charge is 0.490 e. The number of esters is 2. The number of fused-ring (bicyclic) bond motifs is 1. The molecule has 1 aliphatic carbocycles. The van der Waals surface area contributed by atoms with Gasteiger partial charge in [-0.25, -0.2) is 4.79 Å². The monoisotopic (exact) mass is 373 g/mol. The van der Waals surface area contributed by atoms with Gasteiger partial charge in [0.15, 0.2) is 0 Å². The molecule has 0 saturated heterocycles. The molecule has 0 spiro atoms. The van der Waals surface area contributed by atoms with Gasteiger partial charge in [0.25, 0.3) is 0 Å². The predicted octanol–water partition coefficient (Wildman–Crippen LogP) is 4.13. The first-order chi connectivity index (χ1) is 13.0. The maximum atomic E-state index is 12.5. The molecule has 0 amide bonds. The molecule has 1 aromatic carbocycles. The van der Waals surface area contributed by atoms with Crippen molar-refractivity contribution in [2.75, 3.05) is 6.61 Å². The Morgan fingerprint density at radius 1 is 1.15 bits per heavy atom. The molecule has 0 N–H and O–H groups in total. The van der Waals surface area contributed by atoms with Gasteiger partial charge in [-0.05, 0) is 44.7 Å². The number of hydrogen-bond donors (Lipinski definition) is 0. The van der Waals surface area contributed by atoms with E-state index < -0.39 is 11.9 Å². The molecule has 1 heterocycles. The highest BCUT2D eigenvalue weighted by atomic mass is 16.5. The van der Waals surface area contributed by atoms with Gasteiger partial charge in [0.05, 0.1) is 29.5 Å². The fraction of sp³-hybridized carbons (Fsp3) is 0.524. The molecule has 1 aromatic heterocycles. The van der Waals surface area contributed by atoms with Gasteiger partial charge in [-0.3, -0.25) is 4.79 Å². The van der Waals surface area contributed by atoms with Crippen LogP contribution in [0, 0.1) is 0 Å². The lowest BCUT2D eigenvalue weighted by atomic mass is 9.98. The average Bonchev–Trinajstić information content (AvgIpc) is 2.93. The molecule has 1 saturated carbocycles. The number of benzene rings is 1. The van der Waals surface area contributed by atoms with E-state index in [0.29, 0.717) is 11.3 Å². The highest BCUT2D eigenvalue weighted by Crippen LogP contribution is 2.31. The Labute approximate surface area is 159 Å². The first kappa shape index (κ1) is 19.3. The Hall–Kier alpha value is -2.50. The van der Waals surface area contributed by atoms with Crippen LogP contribution in [0.25, 0.3) is 10.9 Å². The third kappa shape index (κ3) is 4.26. The van der Waals surface area contributed by atoms with Crippen molar-refractivity contribution in [1.82, 2.24) is 4.57 Å². The van der Waals surface area contributed by atoms with Crippen LogP contribution in [-0.2, 0) is 27.9 Å². The lowest BCUT2D eigenvalue weighted by Crippen LogP contribution is -2.19. The SMILES string of the molecule is CCOC(=O)c1c(COC(C)=O)n(C)c2cc(OC3CCCCC3)ccc12. The minimum absolute atomic E-state index is 0.0213. The molecule has 6 heteroatoms. The van der Waals surface area contributed by atoms with E-state index >= 15 is 0 Å². The van der Waals surface area contributed by atoms with Crippen LogP contribution < -0.4 is 4.74 Å². The van der Waals surface area contributed by atoms with Crippen LogP contribution in [0.5, 0.6) is 5.75 Å². The Bertz CT molecular complexity index is 833. The van der Waals surface area contributed by atoms with Gasteiger partial charge in [0, 0.05) is 25.4 Å². The highest BCUT2D eigenvalue weighted by Gasteiger charge is 2.24. The maximum absolute atomic E-state index is 12.5. The Morgan fingerprint density at radius 2 is 1.89 bits per heavy atom. The first-order valence-electron chi connectivity index (χ1n) is 9.59. The normalized spacial score (nSPS) is 14.9. The molecule has 0 radical (unpaired) electrons. The molecular formula is C21H27NO5. The van der Waals surface area contributed by atoms with Crippen molar-refractivity contribution in [3.63, 3.8) is 0 Å². The van der Waals surface area contributed by atoms with Crippen molar-refractivity contribution >= 4 is 22.8 Å². The Morgan fingerprint density at radius 3 is 2.56 bits per heavy atom. The first-order valence-corrected chi connectivity index (χ1v) is 9.59. The maximum Gasteiger partial charge on any atom is 0.340 e. The average molecular weight is 373 g/mol. The fourth-order valence-electron chi connectivity index (χ4n) is 3.69. The number of rotatable bonds is 6. The zero-order valence-electron chi connectivity index (χ0n) is 16.2. The summed E-state index contributed by atoms with van der Waals surface area (Å²) in [5, 5.41) is 0.772. The zero-order chi connectivity index (χ0) is 19.4. The molecule has 0 unspecified atom stereocenters. The zero-order valence-corrected chi connectivity index (χ0v) is 16.2. The number of carbonyl (C=O) groups excluding carboxylic acids is 2. The third-order valence-electron chi connectivity index (χ3n) is 5.04. The number of carbonyl (C=O) groups is 2. The van der Waals surface area contributed by atoms with Crippen LogP contribution in [-0.4, -0.2) is 29.2 Å². The summed E-state index contributed by atoms with van der Waals surface area (Å²) >= 11 is 0. The summed E-state index contributed by atoms with van der Waals surface area (Å²) < 4.78 is 18.4. The lowest BCUT2D eigenvalue weighted by molar-refractivity contribution is -0.142. The van der Waals surface area contributed by atoms with Crippen molar-refractivity contribution in [3.05, 3.63) is 29.5 Å². The highest BCUT2D eigenvalue weighted by molar-refractivity contribution is 6.06. The molecule has 0 atom stereocenters. The van der Waals surface area contributed by atoms with E-state index in [9.17, 15) is 9.59 Å². The molecule has 3 rings (SSSR count). The van der Waals surface area contributed by atoms with Gasteiger partial charge in [0.2, 0.25) is 0 Å². The van der Waals surface area contributed by atoms with Gasteiger partial charge < -0.3 is 18.8 Å². The topological polar surface area (TPSA) is 66.8 Å². The van der Waals surface area contributed by atoms with Crippen LogP contribution in [0.1, 0.15) is 62.0 Å². The minimum Gasteiger partial charge on any atom is -0.490 e. The van der Waals surface area contributed by atoms with Gasteiger partial charge in [-0.15, -0.1) is 0 Å². The van der Waals surface area contributed by atoms with Crippen LogP contribution in [0.2, 0.25) is 0 Å². The molecule has 0 aliphatic heterocycles. The second-order valence-electron chi connectivity index (χ2n) is 6.94. The summed E-state index contributed by atoms with van der Waals surface area (Å²) in [5.41, 5.74) is 1.92. The van der Waals surface area contributed by atoms with Gasteiger partial charge in [-0.1, -0.05) is 6.42 Å². The Balaban J connectivity index is 1.98. The Kier molecular flexibility index (Phi) is 6.04. The van der Waals surface area contributed by atoms with Crippen LogP contribution in [0.3, 0.4) is 0 Å². The summed E-state index contributed by atoms with van der Waals surface area (Å²) in [5.74, 6) is -0.00738. The van der Waals surface area contributed by atoms with Crippen molar-refractivity contribution in [2.24, 2.45) is 7.05 Å². The van der Waals surface area contributed by atoms with E-state index in [2.05, 4.69) is 0 Å². The second-order valence-corrected chi connectivity index (χ2v) is 6.94. The van der Waals surface area contributed by atoms with Crippen molar-refractivity contribution in [1.29, 1.82) is 0 Å². The van der Waals surface area contributed by atoms with Gasteiger partial charge in [0.1, 0.15) is 12.4 Å². The van der Waals surface area contributed by atoms with E-state index in [4.69, 9.17) is 14.2 Å². The lowest BCUT2D eigenvalue weighted by Gasteiger charge is -2.23. The summed E-state index contributed by atoms with van der Waals surface area (Å²) in [6.07, 6.45) is 6.10. The summed E-state index contributed by atoms with van der Waals surface area (Å²) in [6, 6.07) is 5.73. The van der Waals surface area contributed by atoms with Crippen LogP contribution in [0.4, 0.5) is 0 Å². The predicted molar refractivity (Wildman–Crippen MR) is 102 cm³/mol. The van der Waals surface area contributed by atoms with E-state index in [1.165, 1.54) is 26.2 Å². The van der Waals surface area contributed by atoms with Crippen LogP contribution in [0.15, 0.2) is 18.2 Å². The molecule has 1 aliphatic rings. The molecule has 2 aromatic rings. The van der Waals surface area contributed by atoms with E-state index in [1.807, 2.05) is 29.8 Å². The molecule has 0 bridgehead atoms. The second kappa shape index (κ2) is 8.46. The fourth-order valence-corrected chi connectivity index (χ4v) is 3.69. The van der Waals surface area contributed by atoms with E-state index in [-0.39, 0.29) is 19.3 Å². The number of hydrogen-bond acceptors (Lipinski definition) is 5. The quantitative estimate of drug-likeness (QED) is 0.712. The standard InChI is InChI=1S/C21H27NO5/c1-4-25-21(24)20-17-11-10-16(27-15-8-6-5-7-9-15)12-18(17)22(3)19(20)13-26-14(2)23/h10-12,15H,4-9,13H2,1-3H3. The molecule has 6 nitrogen and oxygen atoms in total. The number of aryl methyl sites for hydroxylation is 1. The molecule has 1 fully saturated rings. The number of aromatic nitrogens is 1. The van der Waals surface area contributed by atoms with E-state index in [0.717, 1.165) is 29.5 Å². The van der Waals surface area contributed by atoms with Gasteiger partial charge >= 0.3 is 11.9 Å². The molecule has 27 heavy (non-hydrogen) atoms. The molecule has 146 valence electrons. The van der Waals surface area contributed by atoms with Crippen molar-refractivity contribution in [3.8, 4) is 5.75 Å². The summed E-state index contributed by atoms with van der Waals surface area (Å²) in [4.78, 5) is 23.8. The van der Waals surface area contributed by atoms with Crippen molar-refractivity contribution in [2.45, 2.75) is 58.7 Å². The van der Waals surface area contributed by atoms with Crippen molar-refractivity contribution < 1.29 is 23.8 Å². The summed E-state index contributed by atoms with van der Waals surface area (Å²) in [6.45, 7) is 3.42. The molecular weight excluding hydrogens is 346 g/mol. The number of nitrogens with zero attached hydrogens (tertiary/aromatic N) is 1.